The number of aliphatic carboxylic acids is 1. The number of fused-ring (bicyclic) bond motifs is 1. The minimum absolute atomic E-state index is 0.00204. The second-order valence-corrected chi connectivity index (χ2v) is 9.52. The average Bonchev–Trinajstić information content (AvgIpc) is 2.85. The van der Waals surface area contributed by atoms with Gasteiger partial charge in [0.1, 0.15) is 11.2 Å². The molecule has 1 amide bonds. The van der Waals surface area contributed by atoms with Gasteiger partial charge in [-0.15, -0.1) is 0 Å². The molecular formula is C24H26BrNO5S. The van der Waals surface area contributed by atoms with Gasteiger partial charge in [0, 0.05) is 10.6 Å². The van der Waals surface area contributed by atoms with E-state index in [1.807, 2.05) is 44.2 Å². The van der Waals surface area contributed by atoms with E-state index >= 15 is 0 Å². The number of rotatable bonds is 9. The Morgan fingerprint density at radius 3 is 2.53 bits per heavy atom. The van der Waals surface area contributed by atoms with Crippen LogP contribution in [0.2, 0.25) is 0 Å². The third-order valence-electron chi connectivity index (χ3n) is 5.61. The van der Waals surface area contributed by atoms with Crippen molar-refractivity contribution in [1.29, 1.82) is 0 Å². The van der Waals surface area contributed by atoms with Gasteiger partial charge in [-0.2, -0.15) is 0 Å². The summed E-state index contributed by atoms with van der Waals surface area (Å²) in [7, 11) is 0. The number of carbonyl (C=O) groups is 3. The molecule has 1 N–H and O–H groups in total. The number of hydrogen-bond acceptors (Lipinski definition) is 5. The summed E-state index contributed by atoms with van der Waals surface area (Å²) in [6.45, 7) is 3.94. The van der Waals surface area contributed by atoms with Crippen LogP contribution in [0.5, 0.6) is 5.75 Å². The monoisotopic (exact) mass is 519 g/mol. The molecule has 0 bridgehead atoms. The molecule has 0 radical (unpaired) electrons. The Morgan fingerprint density at radius 2 is 1.91 bits per heavy atom. The number of carboxylic acid groups (broad SMARTS) is 1. The van der Waals surface area contributed by atoms with Gasteiger partial charge in [-0.05, 0) is 64.8 Å². The lowest BCUT2D eigenvalue weighted by Crippen LogP contribution is -2.44. The van der Waals surface area contributed by atoms with Crippen molar-refractivity contribution in [2.45, 2.75) is 50.8 Å². The van der Waals surface area contributed by atoms with E-state index in [0.29, 0.717) is 39.3 Å². The summed E-state index contributed by atoms with van der Waals surface area (Å²) >= 11 is 4.55. The van der Waals surface area contributed by atoms with E-state index in [2.05, 4.69) is 15.9 Å². The van der Waals surface area contributed by atoms with Crippen molar-refractivity contribution >= 4 is 56.1 Å². The Bertz CT molecular complexity index is 1010. The largest absolute Gasteiger partial charge is 0.492 e. The van der Waals surface area contributed by atoms with Crippen LogP contribution in [0.4, 0.5) is 11.4 Å². The van der Waals surface area contributed by atoms with Crippen LogP contribution in [-0.2, 0) is 14.4 Å². The van der Waals surface area contributed by atoms with E-state index in [1.165, 1.54) is 0 Å². The SMILES string of the molecule is CCCCC1(CC)C(=O)Sc2cc(OCCC(=O)O)c(Br)cc2N(c2ccccc2)C1=O. The molecule has 0 saturated heterocycles. The highest BCUT2D eigenvalue weighted by molar-refractivity contribution is 9.10. The first kappa shape index (κ1) is 24.3. The predicted octanol–water partition coefficient (Wildman–Crippen LogP) is 6.19. The molecule has 0 fully saturated rings. The Hall–Kier alpha value is -2.32. The highest BCUT2D eigenvalue weighted by Crippen LogP contribution is 2.50. The van der Waals surface area contributed by atoms with E-state index in [4.69, 9.17) is 9.84 Å². The quantitative estimate of drug-likeness (QED) is 0.397. The fourth-order valence-corrected chi connectivity index (χ4v) is 5.34. The summed E-state index contributed by atoms with van der Waals surface area (Å²) in [6.07, 6.45) is 2.43. The number of hydrogen-bond donors (Lipinski definition) is 1. The van der Waals surface area contributed by atoms with Crippen molar-refractivity contribution in [3.05, 3.63) is 46.9 Å². The number of carbonyl (C=O) groups excluding carboxylic acids is 2. The van der Waals surface area contributed by atoms with E-state index < -0.39 is 11.4 Å². The third-order valence-corrected chi connectivity index (χ3v) is 7.35. The first-order chi connectivity index (χ1) is 15.3. The predicted molar refractivity (Wildman–Crippen MR) is 129 cm³/mol. The number of ether oxygens (including phenoxy) is 1. The zero-order chi connectivity index (χ0) is 23.3. The fraction of sp³-hybridized carbons (Fsp3) is 0.375. The third kappa shape index (κ3) is 4.86. The van der Waals surface area contributed by atoms with Gasteiger partial charge in [0.05, 0.1) is 23.2 Å². The van der Waals surface area contributed by atoms with Crippen LogP contribution >= 0.6 is 27.7 Å². The Morgan fingerprint density at radius 1 is 1.19 bits per heavy atom. The van der Waals surface area contributed by atoms with Crippen LogP contribution in [0.1, 0.15) is 46.0 Å². The van der Waals surface area contributed by atoms with Gasteiger partial charge in [0.25, 0.3) is 0 Å². The van der Waals surface area contributed by atoms with Gasteiger partial charge in [0.15, 0.2) is 0 Å². The molecule has 1 unspecified atom stereocenters. The number of thioether (sulfide) groups is 1. The molecule has 1 atom stereocenters. The van der Waals surface area contributed by atoms with Gasteiger partial charge >= 0.3 is 5.97 Å². The topological polar surface area (TPSA) is 83.9 Å². The van der Waals surface area contributed by atoms with Crippen molar-refractivity contribution < 1.29 is 24.2 Å². The van der Waals surface area contributed by atoms with Crippen molar-refractivity contribution in [1.82, 2.24) is 0 Å². The summed E-state index contributed by atoms with van der Waals surface area (Å²) in [5.41, 5.74) is 0.172. The number of amides is 1. The number of carboxylic acids is 1. The smallest absolute Gasteiger partial charge is 0.306 e. The van der Waals surface area contributed by atoms with Gasteiger partial charge in [0.2, 0.25) is 11.0 Å². The summed E-state index contributed by atoms with van der Waals surface area (Å²) in [4.78, 5) is 40.6. The number of para-hydroxylation sites is 1. The Labute approximate surface area is 200 Å². The van der Waals surface area contributed by atoms with Gasteiger partial charge in [-0.1, -0.05) is 44.9 Å². The fourth-order valence-electron chi connectivity index (χ4n) is 3.74. The van der Waals surface area contributed by atoms with Gasteiger partial charge < -0.3 is 9.84 Å². The molecule has 0 spiro atoms. The molecule has 32 heavy (non-hydrogen) atoms. The van der Waals surface area contributed by atoms with Crippen LogP contribution in [-0.4, -0.2) is 28.7 Å². The Balaban J connectivity index is 2.14. The maximum absolute atomic E-state index is 14.0. The maximum atomic E-state index is 14.0. The lowest BCUT2D eigenvalue weighted by atomic mass is 9.79. The average molecular weight is 520 g/mol. The van der Waals surface area contributed by atoms with Crippen LogP contribution in [0.15, 0.2) is 51.8 Å². The molecule has 6 nitrogen and oxygen atoms in total. The van der Waals surface area contributed by atoms with Crippen molar-refractivity contribution in [2.75, 3.05) is 11.5 Å². The summed E-state index contributed by atoms with van der Waals surface area (Å²) in [5, 5.41) is 8.72. The molecule has 0 aromatic heterocycles. The van der Waals surface area contributed by atoms with Crippen LogP contribution in [0, 0.1) is 5.41 Å². The van der Waals surface area contributed by atoms with Crippen molar-refractivity contribution in [3.8, 4) is 5.75 Å². The number of unbranched alkanes of at least 4 members (excludes halogenated alkanes) is 1. The van der Waals surface area contributed by atoms with E-state index in [-0.39, 0.29) is 24.1 Å². The molecular weight excluding hydrogens is 494 g/mol. The molecule has 3 rings (SSSR count). The van der Waals surface area contributed by atoms with E-state index in [0.717, 1.165) is 24.6 Å². The molecule has 0 aliphatic carbocycles. The van der Waals surface area contributed by atoms with Gasteiger partial charge in [-0.3, -0.25) is 19.3 Å². The van der Waals surface area contributed by atoms with Crippen LogP contribution in [0.3, 0.4) is 0 Å². The van der Waals surface area contributed by atoms with Crippen LogP contribution < -0.4 is 9.64 Å². The van der Waals surface area contributed by atoms with Crippen molar-refractivity contribution in [3.63, 3.8) is 0 Å². The number of anilines is 2. The van der Waals surface area contributed by atoms with E-state index in [1.54, 1.807) is 17.0 Å². The summed E-state index contributed by atoms with van der Waals surface area (Å²) in [5.74, 6) is -0.740. The lowest BCUT2D eigenvalue weighted by molar-refractivity contribution is -0.138. The minimum Gasteiger partial charge on any atom is -0.492 e. The van der Waals surface area contributed by atoms with E-state index in [9.17, 15) is 14.4 Å². The molecule has 1 aliphatic rings. The zero-order valence-electron chi connectivity index (χ0n) is 18.1. The normalized spacial score (nSPS) is 18.3. The second-order valence-electron chi connectivity index (χ2n) is 7.65. The standard InChI is InChI=1S/C24H26BrNO5S/c1-3-5-12-24(4-2)22(29)26(16-9-7-6-8-10-16)18-14-17(25)19(31-13-11-21(27)28)15-20(18)32-23(24)30/h6-10,14-15H,3-5,11-13H2,1-2H3,(H,27,28). The molecule has 0 saturated carbocycles. The van der Waals surface area contributed by atoms with Gasteiger partial charge in [-0.25, -0.2) is 0 Å². The summed E-state index contributed by atoms with van der Waals surface area (Å²) < 4.78 is 6.23. The highest BCUT2D eigenvalue weighted by Gasteiger charge is 2.49. The molecule has 8 heteroatoms. The molecule has 1 aliphatic heterocycles. The highest BCUT2D eigenvalue weighted by atomic mass is 79.9. The van der Waals surface area contributed by atoms with Crippen LogP contribution in [0.25, 0.3) is 0 Å². The number of halogens is 1. The zero-order valence-corrected chi connectivity index (χ0v) is 20.5. The molecule has 2 aromatic rings. The molecule has 2 aromatic carbocycles. The maximum Gasteiger partial charge on any atom is 0.306 e. The second kappa shape index (κ2) is 10.5. The first-order valence-electron chi connectivity index (χ1n) is 10.6. The summed E-state index contributed by atoms with van der Waals surface area (Å²) in [6, 6.07) is 12.8. The lowest BCUT2D eigenvalue weighted by Gasteiger charge is -2.33. The molecule has 170 valence electrons. The Kier molecular flexibility index (Phi) is 8.00. The number of nitrogens with zero attached hydrogens (tertiary/aromatic N) is 1. The molecule has 1 heterocycles. The van der Waals surface area contributed by atoms with Crippen molar-refractivity contribution in [2.24, 2.45) is 5.41 Å². The first-order valence-corrected chi connectivity index (χ1v) is 12.2. The number of benzene rings is 2. The minimum atomic E-state index is -1.12.